The molecular weight excluding hydrogens is 352 g/mol. The standard InChI is InChI=1S/C19H26N2O.BrH/c22-18(16-9-3-1-4-10-16)15-21-14-8-7-13-19(21)20-17-11-5-2-6-12-17;/h1,3-4,9-10,17H,2,5-8,11-15H2;1H. The molecule has 1 fully saturated rings. The van der Waals surface area contributed by atoms with Crippen molar-refractivity contribution in [2.24, 2.45) is 0 Å². The van der Waals surface area contributed by atoms with E-state index in [1.165, 1.54) is 50.8 Å². The fourth-order valence-corrected chi connectivity index (χ4v) is 3.60. The fourth-order valence-electron chi connectivity index (χ4n) is 3.60. The highest BCUT2D eigenvalue weighted by Crippen LogP contribution is 2.18. The monoisotopic (exact) mass is 378 g/mol. The van der Waals surface area contributed by atoms with Gasteiger partial charge in [0.25, 0.3) is 0 Å². The Morgan fingerprint density at radius 3 is 2.52 bits per heavy atom. The van der Waals surface area contributed by atoms with Gasteiger partial charge in [0.1, 0.15) is 6.54 Å². The summed E-state index contributed by atoms with van der Waals surface area (Å²) in [5, 5.41) is 3.76. The van der Waals surface area contributed by atoms with Crippen LogP contribution in [0.5, 0.6) is 0 Å². The van der Waals surface area contributed by atoms with Crippen molar-refractivity contribution in [3.63, 3.8) is 0 Å². The van der Waals surface area contributed by atoms with E-state index in [0.717, 1.165) is 18.5 Å². The first kappa shape index (κ1) is 18.2. The number of rotatable bonds is 4. The van der Waals surface area contributed by atoms with Crippen molar-refractivity contribution in [2.45, 2.75) is 57.4 Å². The Morgan fingerprint density at radius 1 is 1.04 bits per heavy atom. The lowest BCUT2D eigenvalue weighted by Gasteiger charge is -2.24. The van der Waals surface area contributed by atoms with Crippen molar-refractivity contribution in [1.29, 1.82) is 0 Å². The van der Waals surface area contributed by atoms with Crippen LogP contribution in [0.3, 0.4) is 0 Å². The number of carbonyl (C=O) groups is 1. The predicted molar refractivity (Wildman–Crippen MR) is 89.6 cm³/mol. The number of amidine groups is 1. The number of hydrogen-bond donors (Lipinski definition) is 1. The second-order valence-corrected chi connectivity index (χ2v) is 6.59. The maximum absolute atomic E-state index is 12.5. The third kappa shape index (κ3) is 5.17. The molecule has 126 valence electrons. The zero-order valence-corrected chi connectivity index (χ0v) is 15.4. The fraction of sp³-hybridized carbons (Fsp3) is 0.579. The molecule has 23 heavy (non-hydrogen) atoms. The van der Waals surface area contributed by atoms with Crippen LogP contribution in [-0.4, -0.2) is 35.3 Å². The van der Waals surface area contributed by atoms with E-state index < -0.39 is 0 Å². The third-order valence-corrected chi connectivity index (χ3v) is 4.88. The molecule has 0 amide bonds. The van der Waals surface area contributed by atoms with Crippen molar-refractivity contribution < 1.29 is 26.4 Å². The molecule has 1 aromatic carbocycles. The number of benzene rings is 1. The highest BCUT2D eigenvalue weighted by atomic mass is 79.9. The largest absolute Gasteiger partial charge is 1.00 e. The highest BCUT2D eigenvalue weighted by molar-refractivity contribution is 5.97. The molecule has 0 aromatic heterocycles. The zero-order valence-electron chi connectivity index (χ0n) is 13.8. The summed E-state index contributed by atoms with van der Waals surface area (Å²) in [6, 6.07) is 10.3. The van der Waals surface area contributed by atoms with Crippen LogP contribution in [0.4, 0.5) is 0 Å². The smallest absolute Gasteiger partial charge is 0.245 e. The van der Waals surface area contributed by atoms with Crippen LogP contribution in [0.1, 0.15) is 61.7 Å². The minimum absolute atomic E-state index is 0. The average molecular weight is 379 g/mol. The molecule has 1 N–H and O–H groups in total. The normalized spacial score (nSPS) is 19.1. The number of Topliss-reactive ketones (excluding diaryl/α,β-unsaturated/α-hetero) is 1. The van der Waals surface area contributed by atoms with E-state index in [0.29, 0.717) is 12.6 Å². The zero-order chi connectivity index (χ0) is 15.2. The summed E-state index contributed by atoms with van der Waals surface area (Å²) < 4.78 is 2.29. The van der Waals surface area contributed by atoms with E-state index in [-0.39, 0.29) is 22.8 Å². The third-order valence-electron chi connectivity index (χ3n) is 4.88. The molecule has 3 nitrogen and oxygen atoms in total. The van der Waals surface area contributed by atoms with Gasteiger partial charge in [-0.3, -0.25) is 14.7 Å². The Morgan fingerprint density at radius 2 is 1.78 bits per heavy atom. The van der Waals surface area contributed by atoms with Crippen molar-refractivity contribution in [2.75, 3.05) is 13.1 Å². The minimum Gasteiger partial charge on any atom is -1.00 e. The van der Waals surface area contributed by atoms with E-state index in [1.54, 1.807) is 0 Å². The van der Waals surface area contributed by atoms with Crippen LogP contribution in [0.25, 0.3) is 0 Å². The first-order valence-electron chi connectivity index (χ1n) is 8.78. The molecule has 0 spiro atoms. The molecule has 0 saturated heterocycles. The summed E-state index contributed by atoms with van der Waals surface area (Å²) in [7, 11) is 0. The number of hydrogen-bond acceptors (Lipinski definition) is 2. The van der Waals surface area contributed by atoms with Gasteiger partial charge >= 0.3 is 0 Å². The van der Waals surface area contributed by atoms with Gasteiger partial charge in [-0.05, 0) is 38.5 Å². The first-order chi connectivity index (χ1) is 10.8. The quantitative estimate of drug-likeness (QED) is 0.607. The molecule has 3 rings (SSSR count). The number of nitrogens with one attached hydrogen (secondary N) is 1. The molecule has 0 radical (unpaired) electrons. The lowest BCUT2D eigenvalue weighted by molar-refractivity contribution is -0.522. The summed E-state index contributed by atoms with van der Waals surface area (Å²) in [4.78, 5) is 12.5. The Balaban J connectivity index is 0.00000192. The Hall–Kier alpha value is -1.16. The van der Waals surface area contributed by atoms with E-state index in [4.69, 9.17) is 0 Å². The van der Waals surface area contributed by atoms with Gasteiger partial charge in [-0.25, -0.2) is 0 Å². The van der Waals surface area contributed by atoms with E-state index >= 15 is 0 Å². The van der Waals surface area contributed by atoms with Crippen LogP contribution in [-0.2, 0) is 0 Å². The summed E-state index contributed by atoms with van der Waals surface area (Å²) in [5.41, 5.74) is 0.824. The van der Waals surface area contributed by atoms with E-state index in [1.807, 2.05) is 30.3 Å². The topological polar surface area (TPSA) is 32.1 Å². The van der Waals surface area contributed by atoms with Crippen LogP contribution in [0, 0.1) is 0 Å². The Bertz CT molecular complexity index is 536. The molecular formula is C19H27BrN2O. The Labute approximate surface area is 149 Å². The number of ketones is 1. The molecule has 1 aliphatic carbocycles. The van der Waals surface area contributed by atoms with Crippen LogP contribution in [0.15, 0.2) is 30.3 Å². The summed E-state index contributed by atoms with van der Waals surface area (Å²) in [6.45, 7) is 1.52. The first-order valence-corrected chi connectivity index (χ1v) is 8.78. The second-order valence-electron chi connectivity index (χ2n) is 6.59. The van der Waals surface area contributed by atoms with Gasteiger partial charge < -0.3 is 17.0 Å². The van der Waals surface area contributed by atoms with Crippen molar-refractivity contribution in [3.05, 3.63) is 35.9 Å². The predicted octanol–water partition coefficient (Wildman–Crippen LogP) is 0.391. The molecule has 2 aliphatic rings. The number of halogens is 1. The van der Waals surface area contributed by atoms with Crippen molar-refractivity contribution in [3.8, 4) is 0 Å². The maximum Gasteiger partial charge on any atom is 0.245 e. The van der Waals surface area contributed by atoms with Gasteiger partial charge in [-0.2, -0.15) is 0 Å². The summed E-state index contributed by atoms with van der Waals surface area (Å²) in [6.07, 6.45) is 10.2. The lowest BCUT2D eigenvalue weighted by atomic mass is 9.95. The molecule has 0 atom stereocenters. The number of carbonyl (C=O) groups excluding carboxylic acids is 1. The van der Waals surface area contributed by atoms with Gasteiger partial charge in [0, 0.05) is 12.0 Å². The molecule has 1 aliphatic heterocycles. The van der Waals surface area contributed by atoms with Gasteiger partial charge in [-0.15, -0.1) is 0 Å². The molecule has 1 heterocycles. The van der Waals surface area contributed by atoms with Crippen molar-refractivity contribution >= 4 is 11.6 Å². The minimum atomic E-state index is 0. The van der Waals surface area contributed by atoms with E-state index in [2.05, 4.69) is 9.89 Å². The molecule has 4 heteroatoms. The summed E-state index contributed by atoms with van der Waals surface area (Å²) in [5.74, 6) is 1.54. The maximum atomic E-state index is 12.5. The number of nitrogens with zero attached hydrogens (tertiary/aromatic N) is 1. The second kappa shape index (κ2) is 9.21. The van der Waals surface area contributed by atoms with Gasteiger partial charge in [0.2, 0.25) is 11.6 Å². The summed E-state index contributed by atoms with van der Waals surface area (Å²) >= 11 is 0. The molecule has 1 aromatic rings. The lowest BCUT2D eigenvalue weighted by Crippen LogP contribution is -3.00. The molecule has 0 unspecified atom stereocenters. The molecule has 0 bridgehead atoms. The van der Waals surface area contributed by atoms with Crippen LogP contribution < -0.4 is 22.3 Å². The van der Waals surface area contributed by atoms with Gasteiger partial charge in [-0.1, -0.05) is 36.8 Å². The van der Waals surface area contributed by atoms with Gasteiger partial charge in [0.05, 0.1) is 12.6 Å². The van der Waals surface area contributed by atoms with Crippen LogP contribution in [0.2, 0.25) is 0 Å². The SMILES string of the molecule is O=C(C[N+]1=C(NC2CCCCC2)CCCC1)c1ccccc1.[Br-]. The highest BCUT2D eigenvalue weighted by Gasteiger charge is 2.25. The van der Waals surface area contributed by atoms with Crippen molar-refractivity contribution in [1.82, 2.24) is 5.32 Å². The van der Waals surface area contributed by atoms with Crippen LogP contribution >= 0.6 is 0 Å². The average Bonchev–Trinajstić information content (AvgIpc) is 2.58. The molecule has 1 saturated carbocycles. The van der Waals surface area contributed by atoms with E-state index in [9.17, 15) is 4.79 Å². The van der Waals surface area contributed by atoms with Gasteiger partial charge in [0.15, 0.2) is 0 Å². The Kier molecular flexibility index (Phi) is 7.28.